The van der Waals surface area contributed by atoms with Crippen molar-refractivity contribution < 1.29 is 19.2 Å². The third kappa shape index (κ3) is 4.59. The van der Waals surface area contributed by atoms with Crippen molar-refractivity contribution in [3.05, 3.63) is 68.3 Å². The summed E-state index contributed by atoms with van der Waals surface area (Å²) < 4.78 is 1.09. The second-order valence-electron chi connectivity index (χ2n) is 5.85. The SMILES string of the molecule is CC#Cc1ccc(C#Cc2ccc(I)cc2)c(C(=O)ON2C(=O)CCC2=O)c1. The number of amides is 2. The number of imide groups is 1. The van der Waals surface area contributed by atoms with Gasteiger partial charge in [-0.15, -0.1) is 11.0 Å². The van der Waals surface area contributed by atoms with Crippen molar-refractivity contribution in [2.75, 3.05) is 0 Å². The van der Waals surface area contributed by atoms with Crippen LogP contribution in [0.15, 0.2) is 42.5 Å². The molecule has 0 bridgehead atoms. The Hall–Kier alpha value is -3.10. The van der Waals surface area contributed by atoms with Gasteiger partial charge in [0.05, 0.1) is 5.56 Å². The smallest absolute Gasteiger partial charge is 0.325 e. The minimum atomic E-state index is -0.824. The lowest BCUT2D eigenvalue weighted by atomic mass is 10.0. The highest BCUT2D eigenvalue weighted by molar-refractivity contribution is 14.1. The zero-order valence-electron chi connectivity index (χ0n) is 14.9. The summed E-state index contributed by atoms with van der Waals surface area (Å²) in [5.41, 5.74) is 1.96. The van der Waals surface area contributed by atoms with Crippen molar-refractivity contribution in [3.63, 3.8) is 0 Å². The van der Waals surface area contributed by atoms with E-state index in [0.29, 0.717) is 16.2 Å². The van der Waals surface area contributed by atoms with E-state index < -0.39 is 17.8 Å². The molecule has 1 aliphatic heterocycles. The molecule has 1 heterocycles. The molecule has 1 saturated heterocycles. The zero-order chi connectivity index (χ0) is 20.1. The minimum Gasteiger partial charge on any atom is -0.325 e. The van der Waals surface area contributed by atoms with Crippen LogP contribution < -0.4 is 0 Å². The first-order chi connectivity index (χ1) is 13.5. The summed E-state index contributed by atoms with van der Waals surface area (Å²) in [4.78, 5) is 41.1. The van der Waals surface area contributed by atoms with Crippen molar-refractivity contribution >= 4 is 40.4 Å². The van der Waals surface area contributed by atoms with E-state index in [4.69, 9.17) is 4.84 Å². The van der Waals surface area contributed by atoms with Gasteiger partial charge in [-0.25, -0.2) is 4.79 Å². The number of hydroxylamine groups is 2. The normalized spacial score (nSPS) is 12.7. The molecule has 0 radical (unpaired) electrons. The summed E-state index contributed by atoms with van der Waals surface area (Å²) in [6.45, 7) is 1.68. The molecule has 28 heavy (non-hydrogen) atoms. The van der Waals surface area contributed by atoms with Gasteiger partial charge in [-0.05, 0) is 72.0 Å². The van der Waals surface area contributed by atoms with Crippen LogP contribution in [0.1, 0.15) is 46.8 Å². The highest BCUT2D eigenvalue weighted by Gasteiger charge is 2.33. The molecule has 5 nitrogen and oxygen atoms in total. The van der Waals surface area contributed by atoms with Crippen molar-refractivity contribution in [2.45, 2.75) is 19.8 Å². The van der Waals surface area contributed by atoms with Crippen LogP contribution >= 0.6 is 22.6 Å². The molecule has 0 aliphatic carbocycles. The van der Waals surface area contributed by atoms with Gasteiger partial charge in [0.25, 0.3) is 11.8 Å². The Morgan fingerprint density at radius 2 is 1.61 bits per heavy atom. The fraction of sp³-hybridized carbons (Fsp3) is 0.136. The van der Waals surface area contributed by atoms with Gasteiger partial charge in [0.15, 0.2) is 0 Å². The fourth-order valence-electron chi connectivity index (χ4n) is 2.51. The van der Waals surface area contributed by atoms with Crippen LogP contribution in [0.2, 0.25) is 0 Å². The number of carbonyl (C=O) groups excluding carboxylic acids is 3. The Labute approximate surface area is 176 Å². The summed E-state index contributed by atoms with van der Waals surface area (Å²) in [6.07, 6.45) is 0.0693. The molecule has 2 aromatic carbocycles. The summed E-state index contributed by atoms with van der Waals surface area (Å²) in [5, 5.41) is 0.525. The van der Waals surface area contributed by atoms with Crippen LogP contribution in [-0.4, -0.2) is 22.8 Å². The molecular weight excluding hydrogens is 469 g/mol. The number of nitrogens with zero attached hydrogens (tertiary/aromatic N) is 1. The van der Waals surface area contributed by atoms with Crippen LogP contribution in [0.5, 0.6) is 0 Å². The minimum absolute atomic E-state index is 0.0347. The average Bonchev–Trinajstić information content (AvgIpc) is 3.00. The average molecular weight is 483 g/mol. The van der Waals surface area contributed by atoms with E-state index in [1.807, 2.05) is 24.3 Å². The monoisotopic (exact) mass is 483 g/mol. The number of rotatable bonds is 2. The third-order valence-corrected chi connectivity index (χ3v) is 4.59. The van der Waals surface area contributed by atoms with Gasteiger partial charge in [0, 0.05) is 33.1 Å². The maximum Gasteiger partial charge on any atom is 0.365 e. The molecule has 6 heteroatoms. The Balaban J connectivity index is 1.95. The molecule has 0 aromatic heterocycles. The topological polar surface area (TPSA) is 63.7 Å². The lowest BCUT2D eigenvalue weighted by Gasteiger charge is -2.13. The van der Waals surface area contributed by atoms with Gasteiger partial charge in [0.2, 0.25) is 0 Å². The second-order valence-corrected chi connectivity index (χ2v) is 7.10. The van der Waals surface area contributed by atoms with Gasteiger partial charge >= 0.3 is 5.97 Å². The molecule has 1 aliphatic rings. The first kappa shape index (κ1) is 19.7. The van der Waals surface area contributed by atoms with Crippen LogP contribution in [-0.2, 0) is 14.4 Å². The highest BCUT2D eigenvalue weighted by atomic mass is 127. The third-order valence-electron chi connectivity index (χ3n) is 3.87. The Morgan fingerprint density at radius 1 is 0.964 bits per heavy atom. The molecule has 2 amide bonds. The van der Waals surface area contributed by atoms with E-state index in [9.17, 15) is 14.4 Å². The molecule has 0 spiro atoms. The Bertz CT molecular complexity index is 1070. The molecule has 0 unspecified atom stereocenters. The highest BCUT2D eigenvalue weighted by Crippen LogP contribution is 2.17. The summed E-state index contributed by atoms with van der Waals surface area (Å²) in [7, 11) is 0. The quantitative estimate of drug-likeness (QED) is 0.374. The number of hydrogen-bond acceptors (Lipinski definition) is 4. The van der Waals surface area contributed by atoms with Gasteiger partial charge in [0.1, 0.15) is 0 Å². The van der Waals surface area contributed by atoms with E-state index in [2.05, 4.69) is 46.3 Å². The molecule has 2 aromatic rings. The van der Waals surface area contributed by atoms with Crippen LogP contribution in [0, 0.1) is 27.3 Å². The number of halogens is 1. The van der Waals surface area contributed by atoms with Crippen molar-refractivity contribution in [1.82, 2.24) is 5.06 Å². The van der Waals surface area contributed by atoms with E-state index in [1.54, 1.807) is 25.1 Å². The van der Waals surface area contributed by atoms with Crippen molar-refractivity contribution in [3.8, 4) is 23.7 Å². The van der Waals surface area contributed by atoms with E-state index in [-0.39, 0.29) is 18.4 Å². The Morgan fingerprint density at radius 3 is 2.25 bits per heavy atom. The second kappa shape index (κ2) is 8.73. The maximum atomic E-state index is 12.6. The molecule has 0 saturated carbocycles. The van der Waals surface area contributed by atoms with Crippen molar-refractivity contribution in [1.29, 1.82) is 0 Å². The molecule has 0 N–H and O–H groups in total. The molecule has 0 atom stereocenters. The summed E-state index contributed by atoms with van der Waals surface area (Å²) in [6, 6.07) is 12.6. The van der Waals surface area contributed by atoms with Gasteiger partial charge < -0.3 is 4.84 Å². The van der Waals surface area contributed by atoms with Crippen LogP contribution in [0.4, 0.5) is 0 Å². The predicted molar refractivity (Wildman–Crippen MR) is 111 cm³/mol. The zero-order valence-corrected chi connectivity index (χ0v) is 17.1. The van der Waals surface area contributed by atoms with Gasteiger partial charge in [-0.2, -0.15) is 0 Å². The largest absolute Gasteiger partial charge is 0.365 e. The standard InChI is InChI=1S/C22H14INO4/c1-2-3-16-5-9-17(8-4-15-6-10-18(23)11-7-15)19(14-16)22(27)28-24-20(25)12-13-21(24)26/h5-7,9-11,14H,12-13H2,1H3. The number of benzene rings is 2. The maximum absolute atomic E-state index is 12.6. The summed E-state index contributed by atoms with van der Waals surface area (Å²) in [5.74, 6) is 9.70. The van der Waals surface area contributed by atoms with E-state index in [1.165, 1.54) is 0 Å². The van der Waals surface area contributed by atoms with Crippen LogP contribution in [0.3, 0.4) is 0 Å². The lowest BCUT2D eigenvalue weighted by molar-refractivity contribution is -0.172. The predicted octanol–water partition coefficient (Wildman–Crippen LogP) is 3.28. The van der Waals surface area contributed by atoms with Crippen molar-refractivity contribution in [2.24, 2.45) is 0 Å². The fourth-order valence-corrected chi connectivity index (χ4v) is 2.87. The van der Waals surface area contributed by atoms with E-state index >= 15 is 0 Å². The molecule has 3 rings (SSSR count). The first-order valence-electron chi connectivity index (χ1n) is 8.40. The lowest BCUT2D eigenvalue weighted by Crippen LogP contribution is -2.32. The number of carbonyl (C=O) groups is 3. The first-order valence-corrected chi connectivity index (χ1v) is 9.48. The van der Waals surface area contributed by atoms with Crippen LogP contribution in [0.25, 0.3) is 0 Å². The number of hydrogen-bond donors (Lipinski definition) is 0. The van der Waals surface area contributed by atoms with Gasteiger partial charge in [-0.1, -0.05) is 17.8 Å². The van der Waals surface area contributed by atoms with E-state index in [0.717, 1.165) is 9.13 Å². The molecular formula is C22H14INO4. The Kier molecular flexibility index (Phi) is 6.13. The summed E-state index contributed by atoms with van der Waals surface area (Å²) >= 11 is 2.21. The molecule has 1 fully saturated rings. The molecule has 138 valence electrons. The van der Waals surface area contributed by atoms with Gasteiger partial charge in [-0.3, -0.25) is 9.59 Å².